The molecule has 14 nitrogen and oxygen atoms in total. The molecule has 2 aliphatic heterocycles. The number of nitrogens with one attached hydrogen (secondary N) is 1. The lowest BCUT2D eigenvalue weighted by Gasteiger charge is -2.46. The fourth-order valence-corrected chi connectivity index (χ4v) is 8.42. The van der Waals surface area contributed by atoms with E-state index in [0.29, 0.717) is 12.8 Å². The summed E-state index contributed by atoms with van der Waals surface area (Å²) in [7, 11) is 0. The molecule has 0 aromatic rings. The van der Waals surface area contributed by atoms with Gasteiger partial charge in [-0.1, -0.05) is 179 Å². The molecule has 0 radical (unpaired) electrons. The minimum Gasteiger partial charge on any atom is -0.394 e. The average Bonchev–Trinajstić information content (AvgIpc) is 3.29. The highest BCUT2D eigenvalue weighted by atomic mass is 16.7. The van der Waals surface area contributed by atoms with Gasteiger partial charge in [0.2, 0.25) is 5.91 Å². The molecule has 0 aliphatic carbocycles. The Morgan fingerprint density at radius 3 is 1.53 bits per heavy atom. The van der Waals surface area contributed by atoms with E-state index in [1.54, 1.807) is 6.08 Å². The van der Waals surface area contributed by atoms with Crippen LogP contribution in [0.4, 0.5) is 0 Å². The number of carbonyl (C=O) groups excluding carboxylic acids is 1. The summed E-state index contributed by atoms with van der Waals surface area (Å²) in [6, 6.07) is -0.925. The van der Waals surface area contributed by atoms with Crippen molar-refractivity contribution in [1.82, 2.24) is 5.32 Å². The van der Waals surface area contributed by atoms with Crippen LogP contribution in [0.15, 0.2) is 24.3 Å². The maximum atomic E-state index is 13.1. The number of carbonyl (C=O) groups is 1. The summed E-state index contributed by atoms with van der Waals surface area (Å²) in [4.78, 5) is 13.1. The van der Waals surface area contributed by atoms with Crippen LogP contribution in [0.3, 0.4) is 0 Å². The first-order valence-electron chi connectivity index (χ1n) is 25.6. The first-order valence-corrected chi connectivity index (χ1v) is 25.6. The second-order valence-corrected chi connectivity index (χ2v) is 18.3. The lowest BCUT2D eigenvalue weighted by molar-refractivity contribution is -0.359. The van der Waals surface area contributed by atoms with E-state index in [2.05, 4.69) is 31.3 Å². The van der Waals surface area contributed by atoms with Crippen LogP contribution in [0.1, 0.15) is 194 Å². The molecule has 376 valence electrons. The standard InChI is InChI=1S/C50H93NO13/c1-3-5-7-9-11-13-15-17-18-19-20-22-23-25-27-29-31-33-39(54)38(51-42(55)34-32-30-28-26-24-21-16-14-12-10-8-6-4-2)37-61-49-47(60)45(58)48(41(36-53)63-49)64-50-46(59)44(57)43(56)40(35-52)62-50/h23,25,31,33,38-41,43-50,52-54,56-60H,3-22,24,26-30,32,34-37H2,1-2H3,(H,51,55)/b25-23+,33-31+. The van der Waals surface area contributed by atoms with Gasteiger partial charge in [-0.3, -0.25) is 4.79 Å². The maximum absolute atomic E-state index is 13.1. The smallest absolute Gasteiger partial charge is 0.220 e. The molecule has 2 rings (SSSR count). The van der Waals surface area contributed by atoms with Crippen LogP contribution in [0, 0.1) is 0 Å². The van der Waals surface area contributed by atoms with Gasteiger partial charge in [0.1, 0.15) is 48.8 Å². The van der Waals surface area contributed by atoms with E-state index in [1.165, 1.54) is 128 Å². The molecule has 64 heavy (non-hydrogen) atoms. The molecule has 0 saturated carbocycles. The Bertz CT molecular complexity index is 1170. The maximum Gasteiger partial charge on any atom is 0.220 e. The average molecular weight is 916 g/mol. The number of ether oxygens (including phenoxy) is 4. The predicted octanol–water partition coefficient (Wildman–Crippen LogP) is 6.55. The second-order valence-electron chi connectivity index (χ2n) is 18.3. The van der Waals surface area contributed by atoms with Crippen LogP contribution < -0.4 is 5.32 Å². The van der Waals surface area contributed by atoms with Gasteiger partial charge in [0.05, 0.1) is 32.0 Å². The molecule has 14 heteroatoms. The molecule has 0 bridgehead atoms. The Hall–Kier alpha value is -1.53. The van der Waals surface area contributed by atoms with E-state index in [-0.39, 0.29) is 18.9 Å². The monoisotopic (exact) mass is 916 g/mol. The number of hydrogen-bond donors (Lipinski definition) is 9. The van der Waals surface area contributed by atoms with Crippen LogP contribution >= 0.6 is 0 Å². The van der Waals surface area contributed by atoms with Crippen molar-refractivity contribution in [1.29, 1.82) is 0 Å². The van der Waals surface area contributed by atoms with Crippen molar-refractivity contribution >= 4 is 5.91 Å². The quantitative estimate of drug-likeness (QED) is 0.0236. The number of amides is 1. The third kappa shape index (κ3) is 24.5. The molecule has 0 spiro atoms. The van der Waals surface area contributed by atoms with E-state index in [1.807, 2.05) is 6.08 Å². The van der Waals surface area contributed by atoms with Crippen molar-refractivity contribution in [3.8, 4) is 0 Å². The van der Waals surface area contributed by atoms with Gasteiger partial charge in [-0.15, -0.1) is 0 Å². The van der Waals surface area contributed by atoms with Crippen molar-refractivity contribution in [2.45, 2.75) is 267 Å². The summed E-state index contributed by atoms with van der Waals surface area (Å²) in [6.07, 6.45) is 23.6. The summed E-state index contributed by atoms with van der Waals surface area (Å²) < 4.78 is 22.7. The summed E-state index contributed by atoms with van der Waals surface area (Å²) in [5, 5.41) is 86.7. The van der Waals surface area contributed by atoms with Gasteiger partial charge in [-0.2, -0.15) is 0 Å². The van der Waals surface area contributed by atoms with Gasteiger partial charge < -0.3 is 65.1 Å². The van der Waals surface area contributed by atoms with Crippen LogP contribution in [0.25, 0.3) is 0 Å². The third-order valence-electron chi connectivity index (χ3n) is 12.6. The summed E-state index contributed by atoms with van der Waals surface area (Å²) in [6.45, 7) is 2.76. The number of aliphatic hydroxyl groups excluding tert-OH is 8. The Labute approximate surface area is 386 Å². The van der Waals surface area contributed by atoms with Crippen molar-refractivity contribution in [2.75, 3.05) is 19.8 Å². The Morgan fingerprint density at radius 2 is 1.00 bits per heavy atom. The highest BCUT2D eigenvalue weighted by molar-refractivity contribution is 5.76. The molecular weight excluding hydrogens is 823 g/mol. The molecular formula is C50H93NO13. The summed E-state index contributed by atoms with van der Waals surface area (Å²) in [5.41, 5.74) is 0. The van der Waals surface area contributed by atoms with Gasteiger partial charge in [0.15, 0.2) is 12.6 Å². The van der Waals surface area contributed by atoms with Crippen molar-refractivity contribution in [2.24, 2.45) is 0 Å². The lowest BCUT2D eigenvalue weighted by Crippen LogP contribution is -2.65. The van der Waals surface area contributed by atoms with Crippen LogP contribution in [-0.4, -0.2) is 140 Å². The topological polar surface area (TPSA) is 228 Å². The number of hydrogen-bond acceptors (Lipinski definition) is 13. The molecule has 9 N–H and O–H groups in total. The number of unbranched alkanes of at least 4 members (excludes halogenated alkanes) is 24. The number of allylic oxidation sites excluding steroid dienone is 3. The SMILES string of the molecule is CCCCCCCCCCCCC/C=C/CC/C=C/C(O)C(COC1OC(CO)C(OC2OC(CO)C(O)C(O)C2O)C(O)C1O)NC(=O)CCCCCCCCCCCCCCC. The van der Waals surface area contributed by atoms with Crippen molar-refractivity contribution in [3.63, 3.8) is 0 Å². The largest absolute Gasteiger partial charge is 0.394 e. The van der Waals surface area contributed by atoms with E-state index in [9.17, 15) is 45.6 Å². The molecule has 2 fully saturated rings. The van der Waals surface area contributed by atoms with Gasteiger partial charge in [0.25, 0.3) is 0 Å². The zero-order chi connectivity index (χ0) is 46.8. The van der Waals surface area contributed by atoms with Crippen LogP contribution in [0.5, 0.6) is 0 Å². The van der Waals surface area contributed by atoms with Gasteiger partial charge >= 0.3 is 0 Å². The highest BCUT2D eigenvalue weighted by Crippen LogP contribution is 2.30. The predicted molar refractivity (Wildman–Crippen MR) is 249 cm³/mol. The van der Waals surface area contributed by atoms with Gasteiger partial charge in [0, 0.05) is 6.42 Å². The first-order chi connectivity index (χ1) is 31.1. The Balaban J connectivity index is 1.87. The minimum absolute atomic E-state index is 0.249. The normalized spacial score (nSPS) is 27.4. The lowest BCUT2D eigenvalue weighted by atomic mass is 9.97. The molecule has 2 heterocycles. The minimum atomic E-state index is -1.79. The molecule has 12 atom stereocenters. The van der Waals surface area contributed by atoms with E-state index in [4.69, 9.17) is 18.9 Å². The molecule has 12 unspecified atom stereocenters. The third-order valence-corrected chi connectivity index (χ3v) is 12.6. The van der Waals surface area contributed by atoms with Gasteiger partial charge in [-0.25, -0.2) is 0 Å². The molecule has 0 aromatic heterocycles. The van der Waals surface area contributed by atoms with E-state index < -0.39 is 86.8 Å². The van der Waals surface area contributed by atoms with Crippen LogP contribution in [0.2, 0.25) is 0 Å². The Morgan fingerprint density at radius 1 is 0.547 bits per heavy atom. The second kappa shape index (κ2) is 37.5. The van der Waals surface area contributed by atoms with Crippen LogP contribution in [-0.2, 0) is 23.7 Å². The van der Waals surface area contributed by atoms with Crippen molar-refractivity contribution < 1.29 is 64.6 Å². The first kappa shape index (κ1) is 58.6. The summed E-state index contributed by atoms with van der Waals surface area (Å²) >= 11 is 0. The fourth-order valence-electron chi connectivity index (χ4n) is 8.42. The Kier molecular flexibility index (Phi) is 34.3. The molecule has 2 saturated heterocycles. The number of aliphatic hydroxyl groups is 8. The summed E-state index contributed by atoms with van der Waals surface area (Å²) in [5.74, 6) is -0.249. The van der Waals surface area contributed by atoms with Crippen molar-refractivity contribution in [3.05, 3.63) is 24.3 Å². The van der Waals surface area contributed by atoms with Gasteiger partial charge in [-0.05, 0) is 32.1 Å². The zero-order valence-corrected chi connectivity index (χ0v) is 39.8. The zero-order valence-electron chi connectivity index (χ0n) is 39.8. The molecule has 1 amide bonds. The highest BCUT2D eigenvalue weighted by Gasteiger charge is 2.51. The molecule has 0 aromatic carbocycles. The molecule has 2 aliphatic rings. The van der Waals surface area contributed by atoms with E-state index in [0.717, 1.165) is 32.1 Å². The van der Waals surface area contributed by atoms with E-state index >= 15 is 0 Å². The fraction of sp³-hybridized carbons (Fsp3) is 0.900. The number of rotatable bonds is 39.